The van der Waals surface area contributed by atoms with E-state index in [0.717, 1.165) is 0 Å². The number of aromatic nitrogens is 2. The number of carbonyl (C=O) groups excluding carboxylic acids is 4. The van der Waals surface area contributed by atoms with Gasteiger partial charge in [0.15, 0.2) is 30.4 Å². The number of ether oxygens (including phenoxy) is 4. The van der Waals surface area contributed by atoms with Crippen molar-refractivity contribution in [3.8, 4) is 0 Å². The van der Waals surface area contributed by atoms with Gasteiger partial charge >= 0.3 is 17.9 Å². The van der Waals surface area contributed by atoms with E-state index in [1.54, 1.807) is 4.90 Å². The summed E-state index contributed by atoms with van der Waals surface area (Å²) in [7, 11) is 0. The molecule has 0 aromatic carbocycles. The first-order chi connectivity index (χ1) is 16.2. The minimum Gasteiger partial charge on any atom is -0.463 e. The zero-order chi connectivity index (χ0) is 24.6. The molecule has 0 unspecified atom stereocenters. The van der Waals surface area contributed by atoms with E-state index in [-0.39, 0.29) is 18.4 Å². The second-order valence-electron chi connectivity index (χ2n) is 7.71. The van der Waals surface area contributed by atoms with E-state index in [4.69, 9.17) is 30.5 Å². The molecule has 4 heterocycles. The van der Waals surface area contributed by atoms with Gasteiger partial charge in [-0.1, -0.05) is 0 Å². The molecule has 4 rings (SSSR count). The van der Waals surface area contributed by atoms with E-state index in [0.29, 0.717) is 17.2 Å². The lowest BCUT2D eigenvalue weighted by Crippen LogP contribution is -2.45. The van der Waals surface area contributed by atoms with Gasteiger partial charge in [-0.15, -0.1) is 11.6 Å². The zero-order valence-corrected chi connectivity index (χ0v) is 19.2. The number of hydrogen-bond donors (Lipinski definition) is 1. The Balaban J connectivity index is 1.70. The van der Waals surface area contributed by atoms with Crippen LogP contribution in [0.25, 0.3) is 0 Å². The lowest BCUT2D eigenvalue weighted by Gasteiger charge is -2.36. The van der Waals surface area contributed by atoms with Crippen LogP contribution in [0, 0.1) is 0 Å². The van der Waals surface area contributed by atoms with E-state index in [2.05, 4.69) is 15.3 Å². The largest absolute Gasteiger partial charge is 0.463 e. The van der Waals surface area contributed by atoms with Gasteiger partial charge in [-0.25, -0.2) is 9.98 Å². The lowest BCUT2D eigenvalue weighted by molar-refractivity contribution is -0.166. The Morgan fingerprint density at radius 1 is 1.15 bits per heavy atom. The maximum Gasteiger partial charge on any atom is 0.303 e. The Morgan fingerprint density at radius 2 is 1.85 bits per heavy atom. The lowest BCUT2D eigenvalue weighted by atomic mass is 10.1. The summed E-state index contributed by atoms with van der Waals surface area (Å²) < 4.78 is 23.4. The number of nitrogens with one attached hydrogen (secondary N) is 1. The molecule has 13 nitrogen and oxygen atoms in total. The van der Waals surface area contributed by atoms with Gasteiger partial charge < -0.3 is 29.2 Å². The maximum absolute atomic E-state index is 12.1. The number of nitrogens with zero attached hydrogens (tertiary/aromatic N) is 4. The average Bonchev–Trinajstić information content (AvgIpc) is 3.33. The number of rotatable bonds is 6. The quantitative estimate of drug-likeness (QED) is 0.334. The molecular weight excluding hydrogens is 474 g/mol. The van der Waals surface area contributed by atoms with Gasteiger partial charge in [0.25, 0.3) is 0 Å². The Kier molecular flexibility index (Phi) is 6.57. The summed E-state index contributed by atoms with van der Waals surface area (Å²) in [6.07, 6.45) is -0.473. The second-order valence-corrected chi connectivity index (χ2v) is 7.98. The minimum atomic E-state index is -1.09. The summed E-state index contributed by atoms with van der Waals surface area (Å²) in [5, 5.41) is 2.79. The van der Waals surface area contributed by atoms with Gasteiger partial charge in [0.2, 0.25) is 5.91 Å². The monoisotopic (exact) mass is 495 g/mol. The molecule has 1 N–H and O–H groups in total. The molecule has 14 heteroatoms. The summed E-state index contributed by atoms with van der Waals surface area (Å²) >= 11 is 5.97. The van der Waals surface area contributed by atoms with E-state index in [1.165, 1.54) is 44.1 Å². The average molecular weight is 496 g/mol. The third kappa shape index (κ3) is 4.48. The normalized spacial score (nSPS) is 27.3. The number of fused-ring (bicyclic) bond motifs is 3. The summed E-state index contributed by atoms with van der Waals surface area (Å²) in [5.74, 6) is -1.74. The van der Waals surface area contributed by atoms with Crippen molar-refractivity contribution in [2.24, 2.45) is 4.99 Å². The standard InChI is InChI=1S/C20H22ClN5O8/c1-9(27)31-6-13-16(32-10(2)28)17(33-11(3)29)20(34-13)26-7-22-15-18(26)23-8-25-12(5-21)4-14(30)24-19(15)25/h4,7-8,13,16-17,19-20H,5-6H2,1-3H3,(H,24,30)/t13-,16+,17+,19+,20-/m1/s1. The number of hydrogen-bond acceptors (Lipinski definition) is 11. The van der Waals surface area contributed by atoms with Crippen molar-refractivity contribution in [2.45, 2.75) is 51.5 Å². The fraction of sp³-hybridized carbons (Fsp3) is 0.500. The Bertz CT molecular complexity index is 1090. The molecule has 0 bridgehead atoms. The Morgan fingerprint density at radius 3 is 2.50 bits per heavy atom. The van der Waals surface area contributed by atoms with Crippen LogP contribution in [0.1, 0.15) is 38.9 Å². The zero-order valence-electron chi connectivity index (χ0n) is 18.5. The van der Waals surface area contributed by atoms with Crippen molar-refractivity contribution in [2.75, 3.05) is 12.5 Å². The fourth-order valence-electron chi connectivity index (χ4n) is 4.00. The molecule has 5 atom stereocenters. The SMILES string of the molecule is CC(=O)OC[C@H]1O[C@@H](n2cnc3c2N=CN2C(CCl)=CC(=O)N[C@H]32)[C@@H](OC(C)=O)[C@H]1OC(C)=O. The number of amides is 1. The minimum absolute atomic E-state index is 0.0914. The van der Waals surface area contributed by atoms with Crippen LogP contribution in [0.2, 0.25) is 0 Å². The van der Waals surface area contributed by atoms with Gasteiger partial charge in [0.1, 0.15) is 18.4 Å². The Hall–Kier alpha value is -3.45. The highest BCUT2D eigenvalue weighted by Crippen LogP contribution is 2.41. The molecule has 0 saturated carbocycles. The molecule has 1 fully saturated rings. The predicted molar refractivity (Wildman–Crippen MR) is 114 cm³/mol. The summed E-state index contributed by atoms with van der Waals surface area (Å²) in [6, 6.07) is 0. The van der Waals surface area contributed by atoms with Crippen LogP contribution in [0.5, 0.6) is 0 Å². The van der Waals surface area contributed by atoms with Crippen LogP contribution in [0.4, 0.5) is 5.82 Å². The molecule has 0 spiro atoms. The van der Waals surface area contributed by atoms with Crippen molar-refractivity contribution in [1.82, 2.24) is 19.8 Å². The number of carbonyl (C=O) groups is 4. The molecule has 0 radical (unpaired) electrons. The van der Waals surface area contributed by atoms with Gasteiger partial charge in [0.05, 0.1) is 18.5 Å². The number of allylic oxidation sites excluding steroid dienone is 1. The molecule has 1 amide bonds. The number of aliphatic imine (C=N–C) groups is 1. The third-order valence-electron chi connectivity index (χ3n) is 5.30. The predicted octanol–water partition coefficient (Wildman–Crippen LogP) is 0.433. The third-order valence-corrected chi connectivity index (χ3v) is 5.57. The van der Waals surface area contributed by atoms with Crippen molar-refractivity contribution < 1.29 is 38.1 Å². The molecule has 0 aliphatic carbocycles. The van der Waals surface area contributed by atoms with E-state index in [1.807, 2.05) is 0 Å². The highest BCUT2D eigenvalue weighted by molar-refractivity contribution is 6.20. The topological polar surface area (TPSA) is 151 Å². The van der Waals surface area contributed by atoms with Crippen LogP contribution >= 0.6 is 11.6 Å². The first-order valence-corrected chi connectivity index (χ1v) is 10.8. The van der Waals surface area contributed by atoms with Crippen LogP contribution in [-0.4, -0.2) is 75.4 Å². The molecule has 34 heavy (non-hydrogen) atoms. The number of alkyl halides is 1. The highest BCUT2D eigenvalue weighted by Gasteiger charge is 2.51. The van der Waals surface area contributed by atoms with Crippen molar-refractivity contribution >= 4 is 47.6 Å². The molecule has 1 aromatic rings. The molecule has 182 valence electrons. The van der Waals surface area contributed by atoms with E-state index in [9.17, 15) is 19.2 Å². The molecule has 1 aromatic heterocycles. The number of imidazole rings is 1. The molecule has 3 aliphatic heterocycles. The van der Waals surface area contributed by atoms with Gasteiger partial charge in [-0.3, -0.25) is 23.7 Å². The van der Waals surface area contributed by atoms with Crippen LogP contribution in [0.3, 0.4) is 0 Å². The number of esters is 3. The molecule has 1 saturated heterocycles. The van der Waals surface area contributed by atoms with Crippen LogP contribution in [-0.2, 0) is 38.1 Å². The first-order valence-electron chi connectivity index (χ1n) is 10.3. The Labute approximate surface area is 198 Å². The van der Waals surface area contributed by atoms with E-state index >= 15 is 0 Å². The van der Waals surface area contributed by atoms with Crippen molar-refractivity contribution in [3.05, 3.63) is 23.8 Å². The smallest absolute Gasteiger partial charge is 0.303 e. The van der Waals surface area contributed by atoms with Gasteiger partial charge in [-0.05, 0) is 0 Å². The second kappa shape index (κ2) is 9.43. The van der Waals surface area contributed by atoms with Gasteiger partial charge in [0, 0.05) is 32.5 Å². The van der Waals surface area contributed by atoms with E-state index < -0.39 is 48.6 Å². The fourth-order valence-corrected chi connectivity index (χ4v) is 4.22. The summed E-state index contributed by atoms with van der Waals surface area (Å²) in [4.78, 5) is 57.6. The van der Waals surface area contributed by atoms with Crippen molar-refractivity contribution in [1.29, 1.82) is 0 Å². The summed E-state index contributed by atoms with van der Waals surface area (Å²) in [5.41, 5.74) is 0.954. The van der Waals surface area contributed by atoms with Gasteiger partial charge in [-0.2, -0.15) is 0 Å². The molecular formula is C20H22ClN5O8. The maximum atomic E-state index is 12.1. The molecule has 3 aliphatic rings. The van der Waals surface area contributed by atoms with Crippen LogP contribution in [0.15, 0.2) is 23.1 Å². The highest BCUT2D eigenvalue weighted by atomic mass is 35.5. The van der Waals surface area contributed by atoms with Crippen LogP contribution < -0.4 is 5.32 Å². The summed E-state index contributed by atoms with van der Waals surface area (Å²) in [6.45, 7) is 3.40. The van der Waals surface area contributed by atoms with Crippen molar-refractivity contribution in [3.63, 3.8) is 0 Å². The first kappa shape index (κ1) is 23.7. The number of halogens is 1.